The second-order valence-electron chi connectivity index (χ2n) is 14.5. The van der Waals surface area contributed by atoms with E-state index >= 15 is 0 Å². The molecular formula is C33H54O6. The average molecular weight is 547 g/mol. The maximum Gasteiger partial charge on any atom is 0.157 e. The Kier molecular flexibility index (Phi) is 8.29. The largest absolute Gasteiger partial charge is 0.393 e. The van der Waals surface area contributed by atoms with Gasteiger partial charge in [-0.1, -0.05) is 25.5 Å². The summed E-state index contributed by atoms with van der Waals surface area (Å²) in [4.78, 5) is 0. The molecule has 0 aromatic heterocycles. The van der Waals surface area contributed by atoms with Gasteiger partial charge in [-0.2, -0.15) is 0 Å². The highest BCUT2D eigenvalue weighted by Crippen LogP contribution is 2.68. The zero-order valence-corrected chi connectivity index (χ0v) is 24.9. The van der Waals surface area contributed by atoms with Gasteiger partial charge in [0.05, 0.1) is 24.4 Å². The number of hydrogen-bond acceptors (Lipinski definition) is 6. The second kappa shape index (κ2) is 11.3. The lowest BCUT2D eigenvalue weighted by Crippen LogP contribution is -2.57. The molecule has 2 N–H and O–H groups in total. The normalized spacial score (nSPS) is 49.8. The van der Waals surface area contributed by atoms with E-state index in [1.54, 1.807) is 0 Å². The zero-order chi connectivity index (χ0) is 27.4. The van der Waals surface area contributed by atoms with E-state index in [1.807, 2.05) is 13.8 Å². The van der Waals surface area contributed by atoms with Crippen molar-refractivity contribution in [3.8, 4) is 0 Å². The van der Waals surface area contributed by atoms with Crippen molar-refractivity contribution < 1.29 is 29.2 Å². The SMILES string of the molecule is CC(O)C1CC(OC2CCCCO2)[C@@]2(C)CC[C@@H]3[C@@H](CC=C4CC(OC5CCCCO5)CC(C(C)O)[C@@]43C)[C@H]12. The van der Waals surface area contributed by atoms with E-state index in [-0.39, 0.29) is 59.7 Å². The molecule has 2 heterocycles. The van der Waals surface area contributed by atoms with Gasteiger partial charge in [0, 0.05) is 13.2 Å². The molecule has 5 fully saturated rings. The molecule has 0 spiro atoms. The van der Waals surface area contributed by atoms with E-state index < -0.39 is 0 Å². The maximum atomic E-state index is 11.2. The van der Waals surface area contributed by atoms with Crippen LogP contribution in [0.15, 0.2) is 11.6 Å². The van der Waals surface area contributed by atoms with Gasteiger partial charge in [-0.05, 0) is 131 Å². The van der Waals surface area contributed by atoms with Crippen LogP contribution in [-0.2, 0) is 18.9 Å². The standard InChI is InChI=1S/C33H54O6/c1-20(34)25-19-28(39-30-10-6-8-16-37-30)32(3)14-13-26-24(31(25)32)12-11-22-17-23(38-29-9-5-7-15-36-29)18-27(21(2)35)33(22,26)4/h11,20-21,23-31,34-35H,5-10,12-19H2,1-4H3/t20?,21?,23?,24-,25?,26-,27?,28?,29?,30?,31-,32-,33+/m1/s1. The molecule has 13 atom stereocenters. The Balaban J connectivity index is 1.27. The van der Waals surface area contributed by atoms with E-state index in [0.29, 0.717) is 17.8 Å². The van der Waals surface area contributed by atoms with Crippen LogP contribution >= 0.6 is 0 Å². The van der Waals surface area contributed by atoms with Crippen LogP contribution in [-0.4, -0.2) is 60.4 Å². The van der Waals surface area contributed by atoms with Gasteiger partial charge in [-0.3, -0.25) is 0 Å². The molecule has 6 rings (SSSR count). The number of hydrogen-bond donors (Lipinski definition) is 2. The highest BCUT2D eigenvalue weighted by molar-refractivity contribution is 5.28. The molecule has 8 unspecified atom stereocenters. The number of ether oxygens (including phenoxy) is 4. The predicted octanol–water partition coefficient (Wildman–Crippen LogP) is 5.99. The van der Waals surface area contributed by atoms with Gasteiger partial charge in [0.15, 0.2) is 12.6 Å². The van der Waals surface area contributed by atoms with Crippen LogP contribution in [0, 0.1) is 40.4 Å². The minimum Gasteiger partial charge on any atom is -0.393 e. The van der Waals surface area contributed by atoms with Crippen LogP contribution in [0.2, 0.25) is 0 Å². The predicted molar refractivity (Wildman–Crippen MR) is 150 cm³/mol. The zero-order valence-electron chi connectivity index (χ0n) is 24.9. The first kappa shape index (κ1) is 28.6. The van der Waals surface area contributed by atoms with E-state index in [9.17, 15) is 10.2 Å². The number of rotatable bonds is 6. The van der Waals surface area contributed by atoms with Gasteiger partial charge in [0.1, 0.15) is 0 Å². The monoisotopic (exact) mass is 546 g/mol. The summed E-state index contributed by atoms with van der Waals surface area (Å²) in [5.41, 5.74) is 1.50. The van der Waals surface area contributed by atoms with Crippen molar-refractivity contribution in [2.24, 2.45) is 40.4 Å². The number of aliphatic hydroxyl groups is 2. The summed E-state index contributed by atoms with van der Waals surface area (Å²) in [5.74, 6) is 1.82. The summed E-state index contributed by atoms with van der Waals surface area (Å²) in [7, 11) is 0. The third-order valence-corrected chi connectivity index (χ3v) is 12.4. The summed E-state index contributed by atoms with van der Waals surface area (Å²) in [6.07, 6.45) is 14.5. The quantitative estimate of drug-likeness (QED) is 0.399. The Bertz CT molecular complexity index is 875. The molecule has 0 radical (unpaired) electrons. The van der Waals surface area contributed by atoms with Gasteiger partial charge in [0.25, 0.3) is 0 Å². The summed E-state index contributed by atoms with van der Waals surface area (Å²) in [5, 5.41) is 22.3. The van der Waals surface area contributed by atoms with Crippen LogP contribution in [0.4, 0.5) is 0 Å². The molecular weight excluding hydrogens is 492 g/mol. The van der Waals surface area contributed by atoms with Crippen molar-refractivity contribution in [2.75, 3.05) is 13.2 Å². The molecule has 39 heavy (non-hydrogen) atoms. The molecule has 222 valence electrons. The van der Waals surface area contributed by atoms with Crippen LogP contribution in [0.25, 0.3) is 0 Å². The van der Waals surface area contributed by atoms with Crippen LogP contribution in [0.1, 0.15) is 105 Å². The van der Waals surface area contributed by atoms with Crippen molar-refractivity contribution in [1.29, 1.82) is 0 Å². The Morgan fingerprint density at radius 3 is 2.21 bits per heavy atom. The fourth-order valence-electron chi connectivity index (χ4n) is 10.4. The van der Waals surface area contributed by atoms with Gasteiger partial charge >= 0.3 is 0 Å². The minimum absolute atomic E-state index is 0.0413. The topological polar surface area (TPSA) is 77.4 Å². The summed E-state index contributed by atoms with van der Waals surface area (Å²) in [6, 6.07) is 0. The second-order valence-corrected chi connectivity index (χ2v) is 14.5. The molecule has 4 aliphatic carbocycles. The molecule has 6 aliphatic rings. The summed E-state index contributed by atoms with van der Waals surface area (Å²) < 4.78 is 25.2. The highest BCUT2D eigenvalue weighted by Gasteiger charge is 2.64. The molecule has 2 aliphatic heterocycles. The minimum atomic E-state index is -0.389. The van der Waals surface area contributed by atoms with E-state index in [0.717, 1.165) is 77.4 Å². The lowest BCUT2D eigenvalue weighted by Gasteiger charge is -2.61. The van der Waals surface area contributed by atoms with E-state index in [4.69, 9.17) is 18.9 Å². The van der Waals surface area contributed by atoms with Gasteiger partial charge in [-0.25, -0.2) is 0 Å². The van der Waals surface area contributed by atoms with Crippen LogP contribution < -0.4 is 0 Å². The Hall–Kier alpha value is -0.500. The van der Waals surface area contributed by atoms with Crippen molar-refractivity contribution >= 4 is 0 Å². The Morgan fingerprint density at radius 2 is 1.59 bits per heavy atom. The lowest BCUT2D eigenvalue weighted by atomic mass is 9.44. The number of allylic oxidation sites excluding steroid dienone is 1. The Labute approximate surface area is 236 Å². The number of fused-ring (bicyclic) bond motifs is 5. The lowest BCUT2D eigenvalue weighted by molar-refractivity contribution is -0.219. The smallest absolute Gasteiger partial charge is 0.157 e. The number of aliphatic hydroxyl groups excluding tert-OH is 2. The molecule has 0 amide bonds. The molecule has 0 bridgehead atoms. The first-order valence-corrected chi connectivity index (χ1v) is 16.3. The molecule has 3 saturated carbocycles. The van der Waals surface area contributed by atoms with Crippen LogP contribution in [0.5, 0.6) is 0 Å². The van der Waals surface area contributed by atoms with Crippen molar-refractivity contribution in [3.63, 3.8) is 0 Å². The van der Waals surface area contributed by atoms with Gasteiger partial charge in [0.2, 0.25) is 0 Å². The maximum absolute atomic E-state index is 11.2. The fraction of sp³-hybridized carbons (Fsp3) is 0.939. The third kappa shape index (κ3) is 5.07. The third-order valence-electron chi connectivity index (χ3n) is 12.4. The van der Waals surface area contributed by atoms with Gasteiger partial charge in [-0.15, -0.1) is 0 Å². The van der Waals surface area contributed by atoms with E-state index in [2.05, 4.69) is 19.9 Å². The highest BCUT2D eigenvalue weighted by atomic mass is 16.7. The molecule has 6 nitrogen and oxygen atoms in total. The molecule has 6 heteroatoms. The fourth-order valence-corrected chi connectivity index (χ4v) is 10.4. The van der Waals surface area contributed by atoms with Crippen molar-refractivity contribution in [3.05, 3.63) is 11.6 Å². The molecule has 0 aromatic carbocycles. The average Bonchev–Trinajstić information content (AvgIpc) is 3.22. The molecule has 0 aromatic rings. The first-order chi connectivity index (χ1) is 18.7. The summed E-state index contributed by atoms with van der Waals surface area (Å²) >= 11 is 0. The van der Waals surface area contributed by atoms with Gasteiger partial charge < -0.3 is 29.2 Å². The van der Waals surface area contributed by atoms with Crippen molar-refractivity contribution in [1.82, 2.24) is 0 Å². The van der Waals surface area contributed by atoms with Crippen LogP contribution in [0.3, 0.4) is 0 Å². The van der Waals surface area contributed by atoms with E-state index in [1.165, 1.54) is 18.4 Å². The Morgan fingerprint density at radius 1 is 0.897 bits per heavy atom. The molecule has 2 saturated heterocycles. The van der Waals surface area contributed by atoms with Crippen molar-refractivity contribution in [2.45, 2.75) is 142 Å². The summed E-state index contributed by atoms with van der Waals surface area (Å²) in [6.45, 7) is 10.5. The first-order valence-electron chi connectivity index (χ1n) is 16.3.